The highest BCUT2D eigenvalue weighted by Gasteiger charge is 2.07. The standard InChI is InChI=1S/C14H14ClN3OS/c15-11-1-2-13(10(7-11)3-4-16)19-9-12-8-18-5-6-20-14(18)17-12/h1-2,5-8H,3-4,9,16H2. The van der Waals surface area contributed by atoms with Crippen LogP contribution in [0.25, 0.3) is 4.96 Å². The van der Waals surface area contributed by atoms with E-state index < -0.39 is 0 Å². The van der Waals surface area contributed by atoms with Crippen molar-refractivity contribution in [1.29, 1.82) is 0 Å². The Bertz CT molecular complexity index is 694. The Morgan fingerprint density at radius 3 is 3.10 bits per heavy atom. The number of nitrogens with zero attached hydrogens (tertiary/aromatic N) is 2. The minimum Gasteiger partial charge on any atom is -0.487 e. The first-order valence-electron chi connectivity index (χ1n) is 6.28. The molecule has 0 unspecified atom stereocenters. The number of fused-ring (bicyclic) bond motifs is 1. The van der Waals surface area contributed by atoms with Crippen LogP contribution in [0.1, 0.15) is 11.3 Å². The van der Waals surface area contributed by atoms with Gasteiger partial charge in [0.1, 0.15) is 12.4 Å². The van der Waals surface area contributed by atoms with Gasteiger partial charge in [-0.05, 0) is 36.7 Å². The van der Waals surface area contributed by atoms with E-state index in [0.717, 1.165) is 28.4 Å². The van der Waals surface area contributed by atoms with Crippen molar-refractivity contribution >= 4 is 27.9 Å². The van der Waals surface area contributed by atoms with E-state index in [1.54, 1.807) is 11.3 Å². The lowest BCUT2D eigenvalue weighted by Crippen LogP contribution is -2.05. The topological polar surface area (TPSA) is 52.5 Å². The number of benzene rings is 1. The smallest absolute Gasteiger partial charge is 0.193 e. The van der Waals surface area contributed by atoms with Gasteiger partial charge >= 0.3 is 0 Å². The molecule has 4 nitrogen and oxygen atoms in total. The highest BCUT2D eigenvalue weighted by atomic mass is 35.5. The van der Waals surface area contributed by atoms with Gasteiger partial charge in [-0.15, -0.1) is 11.3 Å². The number of nitrogens with two attached hydrogens (primary N) is 1. The van der Waals surface area contributed by atoms with Gasteiger partial charge in [-0.1, -0.05) is 11.6 Å². The van der Waals surface area contributed by atoms with Gasteiger partial charge in [-0.25, -0.2) is 4.98 Å². The van der Waals surface area contributed by atoms with Crippen LogP contribution in [-0.2, 0) is 13.0 Å². The fourth-order valence-corrected chi connectivity index (χ4v) is 2.95. The van der Waals surface area contributed by atoms with Crippen molar-refractivity contribution in [2.75, 3.05) is 6.54 Å². The summed E-state index contributed by atoms with van der Waals surface area (Å²) in [6, 6.07) is 5.60. The summed E-state index contributed by atoms with van der Waals surface area (Å²) in [5, 5.41) is 2.70. The van der Waals surface area contributed by atoms with Gasteiger partial charge in [-0.2, -0.15) is 0 Å². The SMILES string of the molecule is NCCc1cc(Cl)ccc1OCc1cn2ccsc2n1. The molecule has 0 spiro atoms. The molecule has 0 radical (unpaired) electrons. The Kier molecular flexibility index (Phi) is 3.91. The van der Waals surface area contributed by atoms with Crippen LogP contribution in [0.4, 0.5) is 0 Å². The molecule has 20 heavy (non-hydrogen) atoms. The van der Waals surface area contributed by atoms with Crippen molar-refractivity contribution in [3.63, 3.8) is 0 Å². The minimum absolute atomic E-state index is 0.438. The number of aromatic nitrogens is 2. The van der Waals surface area contributed by atoms with Gasteiger partial charge in [0.05, 0.1) is 5.69 Å². The van der Waals surface area contributed by atoms with Crippen molar-refractivity contribution in [3.8, 4) is 5.75 Å². The van der Waals surface area contributed by atoms with Crippen LogP contribution in [-0.4, -0.2) is 15.9 Å². The van der Waals surface area contributed by atoms with Gasteiger partial charge in [0.25, 0.3) is 0 Å². The van der Waals surface area contributed by atoms with E-state index in [0.29, 0.717) is 18.2 Å². The Balaban J connectivity index is 1.75. The van der Waals surface area contributed by atoms with Crippen molar-refractivity contribution in [3.05, 3.63) is 52.3 Å². The largest absolute Gasteiger partial charge is 0.487 e. The fraction of sp³-hybridized carbons (Fsp3) is 0.214. The molecule has 2 heterocycles. The summed E-state index contributed by atoms with van der Waals surface area (Å²) in [6.45, 7) is 1.00. The molecule has 0 bridgehead atoms. The zero-order valence-corrected chi connectivity index (χ0v) is 12.3. The number of hydrogen-bond donors (Lipinski definition) is 1. The number of imidazole rings is 1. The number of hydrogen-bond acceptors (Lipinski definition) is 4. The van der Waals surface area contributed by atoms with Crippen molar-refractivity contribution in [1.82, 2.24) is 9.38 Å². The zero-order valence-electron chi connectivity index (χ0n) is 10.8. The molecular weight excluding hydrogens is 294 g/mol. The van der Waals surface area contributed by atoms with Gasteiger partial charge < -0.3 is 10.5 Å². The van der Waals surface area contributed by atoms with Crippen LogP contribution in [0, 0.1) is 0 Å². The van der Waals surface area contributed by atoms with Crippen LogP contribution in [0.2, 0.25) is 5.02 Å². The lowest BCUT2D eigenvalue weighted by atomic mass is 10.1. The monoisotopic (exact) mass is 307 g/mol. The molecule has 3 rings (SSSR count). The predicted octanol–water partition coefficient (Wildman–Crippen LogP) is 3.13. The second-order valence-corrected chi connectivity index (χ2v) is 5.71. The van der Waals surface area contributed by atoms with Gasteiger partial charge in [0, 0.05) is 22.8 Å². The molecule has 0 atom stereocenters. The fourth-order valence-electron chi connectivity index (χ4n) is 2.04. The number of thiazole rings is 1. The van der Waals surface area contributed by atoms with E-state index in [-0.39, 0.29) is 0 Å². The quantitative estimate of drug-likeness (QED) is 0.788. The lowest BCUT2D eigenvalue weighted by Gasteiger charge is -2.10. The van der Waals surface area contributed by atoms with E-state index in [9.17, 15) is 0 Å². The van der Waals surface area contributed by atoms with Crippen LogP contribution in [0.15, 0.2) is 36.0 Å². The maximum absolute atomic E-state index is 6.00. The first-order chi connectivity index (χ1) is 9.76. The third-order valence-corrected chi connectivity index (χ3v) is 3.96. The van der Waals surface area contributed by atoms with E-state index >= 15 is 0 Å². The Morgan fingerprint density at radius 2 is 2.30 bits per heavy atom. The van der Waals surface area contributed by atoms with E-state index in [4.69, 9.17) is 22.1 Å². The maximum Gasteiger partial charge on any atom is 0.193 e. The minimum atomic E-state index is 0.438. The Morgan fingerprint density at radius 1 is 1.40 bits per heavy atom. The van der Waals surface area contributed by atoms with Crippen molar-refractivity contribution in [2.24, 2.45) is 5.73 Å². The summed E-state index contributed by atoms with van der Waals surface area (Å²) in [7, 11) is 0. The van der Waals surface area contributed by atoms with Gasteiger partial charge in [-0.3, -0.25) is 4.40 Å². The summed E-state index contributed by atoms with van der Waals surface area (Å²) in [5.74, 6) is 0.816. The summed E-state index contributed by atoms with van der Waals surface area (Å²) in [4.78, 5) is 5.46. The molecule has 0 aliphatic carbocycles. The number of ether oxygens (including phenoxy) is 1. The normalized spacial score (nSPS) is 11.1. The Hall–Kier alpha value is -1.56. The molecule has 0 aliphatic rings. The average Bonchev–Trinajstić information content (AvgIpc) is 2.99. The number of rotatable bonds is 5. The molecule has 0 aliphatic heterocycles. The van der Waals surface area contributed by atoms with Gasteiger partial charge in [0.15, 0.2) is 4.96 Å². The van der Waals surface area contributed by atoms with Crippen LogP contribution in [0.3, 0.4) is 0 Å². The lowest BCUT2D eigenvalue weighted by molar-refractivity contribution is 0.299. The molecule has 2 aromatic heterocycles. The second kappa shape index (κ2) is 5.83. The van der Waals surface area contributed by atoms with Crippen molar-refractivity contribution < 1.29 is 4.74 Å². The van der Waals surface area contributed by atoms with Crippen LogP contribution >= 0.6 is 22.9 Å². The van der Waals surface area contributed by atoms with Crippen LogP contribution < -0.4 is 10.5 Å². The second-order valence-electron chi connectivity index (χ2n) is 4.40. The summed E-state index contributed by atoms with van der Waals surface area (Å²) in [6.07, 6.45) is 4.71. The molecule has 0 amide bonds. The number of halogens is 1. The predicted molar refractivity (Wildman–Crippen MR) is 81.6 cm³/mol. The first kappa shape index (κ1) is 13.4. The molecule has 1 aromatic carbocycles. The highest BCUT2D eigenvalue weighted by Crippen LogP contribution is 2.24. The average molecular weight is 308 g/mol. The molecule has 2 N–H and O–H groups in total. The maximum atomic E-state index is 6.00. The highest BCUT2D eigenvalue weighted by molar-refractivity contribution is 7.15. The summed E-state index contributed by atoms with van der Waals surface area (Å²) < 4.78 is 7.84. The molecular formula is C14H14ClN3OS. The first-order valence-corrected chi connectivity index (χ1v) is 7.54. The third-order valence-electron chi connectivity index (χ3n) is 2.95. The molecule has 6 heteroatoms. The van der Waals surface area contributed by atoms with E-state index in [1.165, 1.54) is 0 Å². The molecule has 0 saturated carbocycles. The molecule has 0 saturated heterocycles. The Labute approximate surface area is 125 Å². The van der Waals surface area contributed by atoms with Crippen molar-refractivity contribution in [2.45, 2.75) is 13.0 Å². The molecule has 0 fully saturated rings. The van der Waals surface area contributed by atoms with Crippen LogP contribution in [0.5, 0.6) is 5.75 Å². The summed E-state index contributed by atoms with van der Waals surface area (Å²) in [5.41, 5.74) is 7.55. The molecule has 104 valence electrons. The van der Waals surface area contributed by atoms with E-state index in [2.05, 4.69) is 4.98 Å². The third kappa shape index (κ3) is 2.80. The van der Waals surface area contributed by atoms with E-state index in [1.807, 2.05) is 40.4 Å². The van der Waals surface area contributed by atoms with Gasteiger partial charge in [0.2, 0.25) is 0 Å². The summed E-state index contributed by atoms with van der Waals surface area (Å²) >= 11 is 7.60. The zero-order chi connectivity index (χ0) is 13.9. The molecule has 3 aromatic rings.